The maximum absolute atomic E-state index is 11.2. The van der Waals surface area contributed by atoms with E-state index in [0.717, 1.165) is 32.1 Å². The smallest absolute Gasteiger partial charge is 0.748 e. The summed E-state index contributed by atoms with van der Waals surface area (Å²) in [4.78, 5) is 11.2. The van der Waals surface area contributed by atoms with Gasteiger partial charge in [0.25, 0.3) is 0 Å². The molecule has 0 aliphatic rings. The number of hydrogen-bond donors (Lipinski definition) is 0. The third-order valence-corrected chi connectivity index (χ3v) is 4.73. The molecule has 0 rings (SSSR count). The molecule has 0 atom stereocenters. The van der Waals surface area contributed by atoms with Crippen molar-refractivity contribution >= 4 is 15.9 Å². The first kappa shape index (κ1) is 27.5. The summed E-state index contributed by atoms with van der Waals surface area (Å²) >= 11 is 0. The third-order valence-electron chi connectivity index (χ3n) is 4.06. The fourth-order valence-corrected chi connectivity index (χ4v) is 3.20. The maximum Gasteiger partial charge on any atom is 1.00 e. The van der Waals surface area contributed by atoms with Crippen LogP contribution in [0.5, 0.6) is 0 Å². The second kappa shape index (κ2) is 19.1. The number of allylic oxidation sites excluding steroid dienone is 2. The van der Waals surface area contributed by atoms with Crippen molar-refractivity contribution in [3.05, 3.63) is 12.2 Å². The molecule has 142 valence electrons. The standard InChI is InChI=1S/C19H36O4S.Na/c1-2-3-4-5-6-7-8-9-10-11-12-13-14-15-16-17-19(20)18-24(21,22)23;/h9-10H,2-8,11-18H2,1H3,(H,21,22,23);/q;+1/p-1/b10-9-;. The minimum atomic E-state index is -4.40. The largest absolute Gasteiger partial charge is 1.00 e. The third kappa shape index (κ3) is 24.3. The van der Waals surface area contributed by atoms with Gasteiger partial charge in [0.2, 0.25) is 0 Å². The Labute approximate surface area is 177 Å². The Morgan fingerprint density at radius 3 is 1.72 bits per heavy atom. The minimum Gasteiger partial charge on any atom is -0.748 e. The van der Waals surface area contributed by atoms with Gasteiger partial charge in [-0.25, -0.2) is 8.42 Å². The fourth-order valence-electron chi connectivity index (χ4n) is 2.66. The molecule has 0 spiro atoms. The quantitative estimate of drug-likeness (QED) is 0.167. The number of Topliss-reactive ketones (excluding diaryl/α,β-unsaturated/α-hetero) is 1. The van der Waals surface area contributed by atoms with E-state index in [9.17, 15) is 17.8 Å². The Bertz CT molecular complexity index is 433. The van der Waals surface area contributed by atoms with Crippen molar-refractivity contribution in [2.75, 3.05) is 5.75 Å². The Balaban J connectivity index is 0. The van der Waals surface area contributed by atoms with Gasteiger partial charge in [-0.3, -0.25) is 4.79 Å². The van der Waals surface area contributed by atoms with Crippen molar-refractivity contribution in [1.29, 1.82) is 0 Å². The molecule has 0 amide bonds. The Hall–Kier alpha value is 0.320. The van der Waals surface area contributed by atoms with Gasteiger partial charge in [0.1, 0.15) is 15.9 Å². The van der Waals surface area contributed by atoms with Gasteiger partial charge in [-0.15, -0.1) is 0 Å². The van der Waals surface area contributed by atoms with Crippen molar-refractivity contribution < 1.29 is 47.3 Å². The summed E-state index contributed by atoms with van der Waals surface area (Å²) in [6.07, 6.45) is 20.1. The van der Waals surface area contributed by atoms with Gasteiger partial charge in [-0.1, -0.05) is 70.4 Å². The maximum atomic E-state index is 11.2. The van der Waals surface area contributed by atoms with Crippen LogP contribution in [0.4, 0.5) is 0 Å². The summed E-state index contributed by atoms with van der Waals surface area (Å²) in [5.74, 6) is -1.31. The molecule has 4 nitrogen and oxygen atoms in total. The summed E-state index contributed by atoms with van der Waals surface area (Å²) in [6, 6.07) is 0. The van der Waals surface area contributed by atoms with E-state index < -0.39 is 21.7 Å². The molecule has 6 heteroatoms. The summed E-state index contributed by atoms with van der Waals surface area (Å²) in [5.41, 5.74) is 0. The van der Waals surface area contributed by atoms with Gasteiger partial charge in [0, 0.05) is 6.42 Å². The first-order chi connectivity index (χ1) is 11.5. The molecule has 0 aromatic rings. The normalized spacial score (nSPS) is 11.6. The van der Waals surface area contributed by atoms with Crippen LogP contribution < -0.4 is 29.6 Å². The predicted molar refractivity (Wildman–Crippen MR) is 99.0 cm³/mol. The molecule has 0 unspecified atom stereocenters. The summed E-state index contributed by atoms with van der Waals surface area (Å²) in [7, 11) is -4.40. The number of carbonyl (C=O) groups excluding carboxylic acids is 1. The Morgan fingerprint density at radius 1 is 0.800 bits per heavy atom. The van der Waals surface area contributed by atoms with Crippen LogP contribution in [0.15, 0.2) is 12.2 Å². The molecule has 0 N–H and O–H groups in total. The number of hydrogen-bond acceptors (Lipinski definition) is 4. The van der Waals surface area contributed by atoms with E-state index in [2.05, 4.69) is 19.1 Å². The fraction of sp³-hybridized carbons (Fsp3) is 0.842. The van der Waals surface area contributed by atoms with Crippen LogP contribution in [0.2, 0.25) is 0 Å². The molecular formula is C19H35NaO4S. The van der Waals surface area contributed by atoms with Crippen LogP contribution in [-0.4, -0.2) is 24.5 Å². The van der Waals surface area contributed by atoms with Gasteiger partial charge in [-0.2, -0.15) is 0 Å². The molecule has 0 fully saturated rings. The van der Waals surface area contributed by atoms with Gasteiger partial charge in [-0.05, 0) is 32.1 Å². The molecule has 0 bridgehead atoms. The van der Waals surface area contributed by atoms with E-state index >= 15 is 0 Å². The summed E-state index contributed by atoms with van der Waals surface area (Å²) in [6.45, 7) is 2.24. The number of carbonyl (C=O) groups is 1. The molecular weight excluding hydrogens is 347 g/mol. The molecule has 0 aliphatic heterocycles. The molecule has 0 saturated heterocycles. The van der Waals surface area contributed by atoms with Crippen LogP contribution in [0.25, 0.3) is 0 Å². The van der Waals surface area contributed by atoms with Crippen molar-refractivity contribution in [2.24, 2.45) is 0 Å². The molecule has 0 aromatic carbocycles. The topological polar surface area (TPSA) is 74.3 Å². The van der Waals surface area contributed by atoms with E-state index in [-0.39, 0.29) is 36.0 Å². The van der Waals surface area contributed by atoms with Crippen molar-refractivity contribution in [1.82, 2.24) is 0 Å². The van der Waals surface area contributed by atoms with Gasteiger partial charge >= 0.3 is 29.6 Å². The van der Waals surface area contributed by atoms with Crippen LogP contribution in [0.3, 0.4) is 0 Å². The summed E-state index contributed by atoms with van der Waals surface area (Å²) < 4.78 is 31.3. The van der Waals surface area contributed by atoms with E-state index in [1.807, 2.05) is 0 Å². The first-order valence-corrected chi connectivity index (χ1v) is 11.1. The van der Waals surface area contributed by atoms with Crippen molar-refractivity contribution in [3.63, 3.8) is 0 Å². The SMILES string of the molecule is CCCCCCCC/C=C\CCCCCCCC(=O)CS(=O)(=O)[O-].[Na+]. The monoisotopic (exact) mass is 382 g/mol. The van der Waals surface area contributed by atoms with Gasteiger partial charge < -0.3 is 4.55 Å². The number of rotatable bonds is 17. The first-order valence-electron chi connectivity index (χ1n) is 9.56. The second-order valence-corrected chi connectivity index (χ2v) is 7.98. The molecule has 0 heterocycles. The van der Waals surface area contributed by atoms with Crippen LogP contribution in [0, 0.1) is 0 Å². The predicted octanol–water partition coefficient (Wildman–Crippen LogP) is 2.14. The molecule has 25 heavy (non-hydrogen) atoms. The van der Waals surface area contributed by atoms with Crippen LogP contribution in [0.1, 0.15) is 96.8 Å². The molecule has 0 radical (unpaired) electrons. The average molecular weight is 383 g/mol. The van der Waals surface area contributed by atoms with Gasteiger partial charge in [0.15, 0.2) is 0 Å². The minimum absolute atomic E-state index is 0. The van der Waals surface area contributed by atoms with Gasteiger partial charge in [0.05, 0.1) is 5.75 Å². The van der Waals surface area contributed by atoms with E-state index in [1.54, 1.807) is 0 Å². The van der Waals surface area contributed by atoms with Crippen molar-refractivity contribution in [2.45, 2.75) is 96.8 Å². The number of unbranched alkanes of at least 4 members (excludes halogenated alkanes) is 11. The van der Waals surface area contributed by atoms with Crippen LogP contribution >= 0.6 is 0 Å². The number of ketones is 1. The Kier molecular flexibility index (Phi) is 21.0. The van der Waals surface area contributed by atoms with Crippen LogP contribution in [-0.2, 0) is 14.9 Å². The zero-order chi connectivity index (χ0) is 18.1. The summed E-state index contributed by atoms with van der Waals surface area (Å²) in [5, 5.41) is 0. The zero-order valence-electron chi connectivity index (χ0n) is 16.3. The van der Waals surface area contributed by atoms with Crippen molar-refractivity contribution in [3.8, 4) is 0 Å². The van der Waals surface area contributed by atoms with E-state index in [0.29, 0.717) is 6.42 Å². The molecule has 0 aliphatic carbocycles. The molecule has 0 saturated carbocycles. The second-order valence-electron chi connectivity index (χ2n) is 6.57. The average Bonchev–Trinajstić information content (AvgIpc) is 2.49. The molecule has 0 aromatic heterocycles. The zero-order valence-corrected chi connectivity index (χ0v) is 19.1. The van der Waals surface area contributed by atoms with E-state index in [1.165, 1.54) is 44.9 Å². The van der Waals surface area contributed by atoms with E-state index in [4.69, 9.17) is 0 Å². The Morgan fingerprint density at radius 2 is 1.24 bits per heavy atom.